The Morgan fingerprint density at radius 3 is 2.18 bits per heavy atom. The van der Waals surface area contributed by atoms with E-state index in [0.717, 1.165) is 41.6 Å². The van der Waals surface area contributed by atoms with Crippen molar-refractivity contribution in [1.29, 1.82) is 0 Å². The monoisotopic (exact) mass is 544 g/mol. The number of amides is 2. The van der Waals surface area contributed by atoms with Crippen LogP contribution in [-0.4, -0.2) is 52.8 Å². The molecule has 1 aromatic carbocycles. The van der Waals surface area contributed by atoms with Gasteiger partial charge in [0.15, 0.2) is 0 Å². The zero-order valence-corrected chi connectivity index (χ0v) is 25.1. The van der Waals surface area contributed by atoms with Gasteiger partial charge in [-0.3, -0.25) is 9.59 Å². The summed E-state index contributed by atoms with van der Waals surface area (Å²) in [5.41, 5.74) is 0.769. The van der Waals surface area contributed by atoms with Crippen LogP contribution in [0.3, 0.4) is 0 Å². The molecule has 8 heteroatoms. The van der Waals surface area contributed by atoms with Crippen LogP contribution in [0, 0.1) is 11.8 Å². The SMILES string of the molecule is CC(C)C1CCC(Oc2ccc3c(c2)CCN(C(=O)C(CC(=O)OC(C)(C)C)NC(=O)OC(C)(C)C)C3)CC1. The molecule has 2 aliphatic rings. The zero-order chi connectivity index (χ0) is 29.0. The lowest BCUT2D eigenvalue weighted by Gasteiger charge is -2.33. The number of fused-ring (bicyclic) bond motifs is 1. The van der Waals surface area contributed by atoms with Gasteiger partial charge in [-0.05, 0) is 109 Å². The molecule has 0 bridgehead atoms. The van der Waals surface area contributed by atoms with Crippen LogP contribution in [0.2, 0.25) is 0 Å². The topological polar surface area (TPSA) is 94.2 Å². The minimum absolute atomic E-state index is 0.257. The second-order valence-corrected chi connectivity index (χ2v) is 13.3. The molecule has 1 aliphatic heterocycles. The van der Waals surface area contributed by atoms with Gasteiger partial charge in [0, 0.05) is 13.1 Å². The number of alkyl carbamates (subject to hydrolysis) is 1. The van der Waals surface area contributed by atoms with E-state index in [4.69, 9.17) is 14.2 Å². The summed E-state index contributed by atoms with van der Waals surface area (Å²) in [6, 6.07) is 5.02. The fourth-order valence-corrected chi connectivity index (χ4v) is 5.28. The van der Waals surface area contributed by atoms with Gasteiger partial charge in [0.05, 0.1) is 12.5 Å². The van der Waals surface area contributed by atoms with E-state index in [-0.39, 0.29) is 18.4 Å². The van der Waals surface area contributed by atoms with Gasteiger partial charge in [-0.25, -0.2) is 4.79 Å². The predicted octanol–water partition coefficient (Wildman–Crippen LogP) is 5.79. The molecule has 1 unspecified atom stereocenters. The number of hydrogen-bond acceptors (Lipinski definition) is 6. The van der Waals surface area contributed by atoms with Gasteiger partial charge in [-0.1, -0.05) is 19.9 Å². The van der Waals surface area contributed by atoms with Crippen LogP contribution in [0.4, 0.5) is 4.79 Å². The molecule has 0 spiro atoms. The van der Waals surface area contributed by atoms with E-state index < -0.39 is 29.3 Å². The maximum atomic E-state index is 13.5. The van der Waals surface area contributed by atoms with Crippen LogP contribution in [0.5, 0.6) is 5.75 Å². The van der Waals surface area contributed by atoms with Crippen molar-refractivity contribution in [3.05, 3.63) is 29.3 Å². The van der Waals surface area contributed by atoms with E-state index in [9.17, 15) is 14.4 Å². The van der Waals surface area contributed by atoms with Crippen molar-refractivity contribution in [2.45, 2.75) is 124 Å². The summed E-state index contributed by atoms with van der Waals surface area (Å²) in [6.07, 6.45) is 4.52. The number of hydrogen-bond donors (Lipinski definition) is 1. The number of carbonyl (C=O) groups is 3. The molecule has 1 fully saturated rings. The van der Waals surface area contributed by atoms with E-state index in [2.05, 4.69) is 25.2 Å². The number of benzene rings is 1. The normalized spacial score (nSPS) is 20.6. The predicted molar refractivity (Wildman–Crippen MR) is 150 cm³/mol. The first kappa shape index (κ1) is 30.8. The van der Waals surface area contributed by atoms with E-state index in [1.807, 2.05) is 12.1 Å². The highest BCUT2D eigenvalue weighted by Crippen LogP contribution is 2.33. The first-order valence-corrected chi connectivity index (χ1v) is 14.4. The largest absolute Gasteiger partial charge is 0.490 e. The van der Waals surface area contributed by atoms with Crippen molar-refractivity contribution in [1.82, 2.24) is 10.2 Å². The molecule has 1 atom stereocenters. The van der Waals surface area contributed by atoms with Crippen molar-refractivity contribution in [2.24, 2.45) is 11.8 Å². The summed E-state index contributed by atoms with van der Waals surface area (Å²) in [7, 11) is 0. The Balaban J connectivity index is 1.65. The van der Waals surface area contributed by atoms with Crippen molar-refractivity contribution < 1.29 is 28.6 Å². The molecule has 39 heavy (non-hydrogen) atoms. The molecule has 1 saturated carbocycles. The molecule has 2 amide bonds. The number of rotatable bonds is 7. The summed E-state index contributed by atoms with van der Waals surface area (Å²) in [5, 5.41) is 2.60. The summed E-state index contributed by atoms with van der Waals surface area (Å²) < 4.78 is 17.1. The lowest BCUT2D eigenvalue weighted by Crippen LogP contribution is -2.52. The van der Waals surface area contributed by atoms with Gasteiger partial charge in [-0.15, -0.1) is 0 Å². The Morgan fingerprint density at radius 2 is 1.59 bits per heavy atom. The Hall–Kier alpha value is -2.77. The number of carbonyl (C=O) groups excluding carboxylic acids is 3. The van der Waals surface area contributed by atoms with E-state index in [0.29, 0.717) is 19.5 Å². The van der Waals surface area contributed by atoms with Crippen LogP contribution in [0.15, 0.2) is 18.2 Å². The Kier molecular flexibility index (Phi) is 9.94. The van der Waals surface area contributed by atoms with Gasteiger partial charge in [-0.2, -0.15) is 0 Å². The highest BCUT2D eigenvalue weighted by molar-refractivity contribution is 5.90. The third-order valence-corrected chi connectivity index (χ3v) is 7.25. The quantitative estimate of drug-likeness (QED) is 0.437. The number of nitrogens with zero attached hydrogens (tertiary/aromatic N) is 1. The first-order chi connectivity index (χ1) is 18.1. The Labute approximate surface area is 234 Å². The van der Waals surface area contributed by atoms with Crippen LogP contribution < -0.4 is 10.1 Å². The molecule has 0 saturated heterocycles. The molecule has 3 rings (SSSR count). The molecule has 1 heterocycles. The summed E-state index contributed by atoms with van der Waals surface area (Å²) in [4.78, 5) is 40.3. The summed E-state index contributed by atoms with van der Waals surface area (Å²) in [6.45, 7) is 16.0. The first-order valence-electron chi connectivity index (χ1n) is 14.4. The minimum atomic E-state index is -1.08. The van der Waals surface area contributed by atoms with E-state index >= 15 is 0 Å². The molecule has 1 aromatic rings. The summed E-state index contributed by atoms with van der Waals surface area (Å²) in [5.74, 6) is 1.51. The molecule has 8 nitrogen and oxygen atoms in total. The second kappa shape index (κ2) is 12.6. The molecule has 1 aliphatic carbocycles. The second-order valence-electron chi connectivity index (χ2n) is 13.3. The third kappa shape index (κ3) is 9.73. The van der Waals surface area contributed by atoms with Crippen molar-refractivity contribution in [3.63, 3.8) is 0 Å². The Morgan fingerprint density at radius 1 is 0.949 bits per heavy atom. The van der Waals surface area contributed by atoms with Crippen LogP contribution in [0.1, 0.15) is 98.6 Å². The third-order valence-electron chi connectivity index (χ3n) is 7.25. The van der Waals surface area contributed by atoms with Gasteiger partial charge in [0.25, 0.3) is 0 Å². The average molecular weight is 545 g/mol. The number of esters is 1. The average Bonchev–Trinajstić information content (AvgIpc) is 2.81. The Bertz CT molecular complexity index is 985. The highest BCUT2D eigenvalue weighted by atomic mass is 16.6. The van der Waals surface area contributed by atoms with E-state index in [1.54, 1.807) is 46.4 Å². The lowest BCUT2D eigenvalue weighted by molar-refractivity contribution is -0.157. The van der Waals surface area contributed by atoms with Crippen LogP contribution >= 0.6 is 0 Å². The molecule has 0 radical (unpaired) electrons. The molecular formula is C31H48N2O6. The highest BCUT2D eigenvalue weighted by Gasteiger charge is 2.33. The van der Waals surface area contributed by atoms with Crippen molar-refractivity contribution >= 4 is 18.0 Å². The fraction of sp³-hybridized carbons (Fsp3) is 0.710. The lowest BCUT2D eigenvalue weighted by atomic mass is 9.80. The van der Waals surface area contributed by atoms with Crippen molar-refractivity contribution in [3.8, 4) is 5.75 Å². The van der Waals surface area contributed by atoms with Gasteiger partial charge < -0.3 is 24.4 Å². The van der Waals surface area contributed by atoms with Gasteiger partial charge in [0.1, 0.15) is 23.0 Å². The minimum Gasteiger partial charge on any atom is -0.490 e. The molecule has 1 N–H and O–H groups in total. The van der Waals surface area contributed by atoms with E-state index in [1.165, 1.54) is 12.8 Å². The molecule has 218 valence electrons. The van der Waals surface area contributed by atoms with Crippen LogP contribution in [0.25, 0.3) is 0 Å². The van der Waals surface area contributed by atoms with Gasteiger partial charge in [0.2, 0.25) is 5.91 Å². The number of nitrogens with one attached hydrogen (secondary N) is 1. The number of ether oxygens (including phenoxy) is 3. The maximum absolute atomic E-state index is 13.5. The maximum Gasteiger partial charge on any atom is 0.408 e. The summed E-state index contributed by atoms with van der Waals surface area (Å²) >= 11 is 0. The zero-order valence-electron chi connectivity index (χ0n) is 25.1. The van der Waals surface area contributed by atoms with Gasteiger partial charge >= 0.3 is 12.1 Å². The van der Waals surface area contributed by atoms with Crippen LogP contribution in [-0.2, 0) is 32.0 Å². The standard InChI is InChI=1S/C31H48N2O6/c1-20(2)21-9-12-24(13-10-21)37-25-14-11-23-19-33(16-15-22(23)17-25)28(35)26(18-27(34)38-30(3,4)5)32-29(36)39-31(6,7)8/h11,14,17,20-21,24,26H,9-10,12-13,15-16,18-19H2,1-8H3,(H,32,36). The van der Waals surface area contributed by atoms with Crippen molar-refractivity contribution in [2.75, 3.05) is 6.54 Å². The molecule has 0 aromatic heterocycles. The smallest absolute Gasteiger partial charge is 0.408 e. The fourth-order valence-electron chi connectivity index (χ4n) is 5.28. The molecular weight excluding hydrogens is 496 g/mol.